The van der Waals surface area contributed by atoms with Crippen LogP contribution in [-0.4, -0.2) is 11.9 Å². The number of hydrogen-bond donors (Lipinski definition) is 0. The van der Waals surface area contributed by atoms with E-state index in [0.717, 1.165) is 12.1 Å². The first-order valence-electron chi connectivity index (χ1n) is 7.00. The van der Waals surface area contributed by atoms with Crippen LogP contribution in [0.4, 0.5) is 10.1 Å². The molecule has 0 saturated heterocycles. The number of anilines is 1. The van der Waals surface area contributed by atoms with Crippen molar-refractivity contribution in [2.45, 2.75) is 19.4 Å². The van der Waals surface area contributed by atoms with Crippen molar-refractivity contribution < 1.29 is 9.18 Å². The van der Waals surface area contributed by atoms with Crippen molar-refractivity contribution in [3.05, 3.63) is 71.6 Å². The maximum Gasteiger partial charge on any atom is 0.251 e. The van der Waals surface area contributed by atoms with Crippen molar-refractivity contribution in [2.75, 3.05) is 4.90 Å². The molecule has 2 aromatic carbocycles. The molecule has 21 heavy (non-hydrogen) atoms. The molecule has 2 nitrogen and oxygen atoms in total. The number of benzene rings is 2. The van der Waals surface area contributed by atoms with Crippen LogP contribution < -0.4 is 4.90 Å². The van der Waals surface area contributed by atoms with E-state index in [4.69, 9.17) is 0 Å². The Kier molecular flexibility index (Phi) is 3.57. The van der Waals surface area contributed by atoms with Gasteiger partial charge in [-0.25, -0.2) is 4.39 Å². The Labute approximate surface area is 123 Å². The first-order valence-corrected chi connectivity index (χ1v) is 7.00. The summed E-state index contributed by atoms with van der Waals surface area (Å²) in [6.07, 6.45) is 4.03. The molecule has 1 unspecified atom stereocenters. The van der Waals surface area contributed by atoms with Gasteiger partial charge >= 0.3 is 0 Å². The molecule has 0 saturated carbocycles. The molecule has 1 aliphatic rings. The summed E-state index contributed by atoms with van der Waals surface area (Å²) in [7, 11) is 0. The third-order valence-corrected chi connectivity index (χ3v) is 3.71. The number of carbonyl (C=O) groups excluding carboxylic acids is 1. The highest BCUT2D eigenvalue weighted by Gasteiger charge is 2.29. The van der Waals surface area contributed by atoms with Crippen molar-refractivity contribution in [1.82, 2.24) is 0 Å². The van der Waals surface area contributed by atoms with E-state index in [0.29, 0.717) is 5.56 Å². The normalized spacial score (nSPS) is 17.2. The molecule has 3 heteroatoms. The van der Waals surface area contributed by atoms with Gasteiger partial charge in [-0.1, -0.05) is 30.3 Å². The Balaban J connectivity index is 1.83. The number of amides is 1. The molecule has 1 amide bonds. The highest BCUT2D eigenvalue weighted by molar-refractivity contribution is 6.05. The third kappa shape index (κ3) is 2.72. The molecule has 2 aromatic rings. The summed E-state index contributed by atoms with van der Waals surface area (Å²) in [4.78, 5) is 14.2. The van der Waals surface area contributed by atoms with Gasteiger partial charge in [0.05, 0.1) is 0 Å². The first-order chi connectivity index (χ1) is 10.1. The molecule has 0 spiro atoms. The fraction of sp³-hybridized carbons (Fsp3) is 0.167. The molecule has 0 aliphatic carbocycles. The Bertz CT molecular complexity index is 708. The van der Waals surface area contributed by atoms with Crippen LogP contribution in [-0.2, 0) is 11.2 Å². The van der Waals surface area contributed by atoms with Crippen LogP contribution >= 0.6 is 0 Å². The summed E-state index contributed by atoms with van der Waals surface area (Å²) in [5.41, 5.74) is 2.85. The van der Waals surface area contributed by atoms with E-state index in [1.165, 1.54) is 23.8 Å². The third-order valence-electron chi connectivity index (χ3n) is 3.71. The molecule has 1 aliphatic heterocycles. The molecular formula is C18H16FNO. The molecule has 0 bridgehead atoms. The lowest BCUT2D eigenvalue weighted by Crippen LogP contribution is -2.34. The first kappa shape index (κ1) is 13.6. The quantitative estimate of drug-likeness (QED) is 0.766. The van der Waals surface area contributed by atoms with Gasteiger partial charge in [0.15, 0.2) is 0 Å². The van der Waals surface area contributed by atoms with Crippen molar-refractivity contribution in [1.29, 1.82) is 0 Å². The largest absolute Gasteiger partial charge is 0.305 e. The smallest absolute Gasteiger partial charge is 0.251 e. The van der Waals surface area contributed by atoms with Gasteiger partial charge in [0.2, 0.25) is 0 Å². The van der Waals surface area contributed by atoms with E-state index >= 15 is 0 Å². The Morgan fingerprint density at radius 3 is 2.86 bits per heavy atom. The fourth-order valence-corrected chi connectivity index (χ4v) is 2.76. The van der Waals surface area contributed by atoms with E-state index in [9.17, 15) is 9.18 Å². The summed E-state index contributed by atoms with van der Waals surface area (Å²) < 4.78 is 13.1. The Morgan fingerprint density at radius 1 is 1.24 bits per heavy atom. The molecule has 0 N–H and O–H groups in total. The van der Waals surface area contributed by atoms with Crippen LogP contribution in [0.15, 0.2) is 54.6 Å². The lowest BCUT2D eigenvalue weighted by Gasteiger charge is -2.20. The van der Waals surface area contributed by atoms with Crippen molar-refractivity contribution in [3.63, 3.8) is 0 Å². The number of rotatable bonds is 2. The number of carbonyl (C=O) groups is 1. The van der Waals surface area contributed by atoms with Gasteiger partial charge in [0.25, 0.3) is 5.91 Å². The van der Waals surface area contributed by atoms with E-state index < -0.39 is 0 Å². The SMILES string of the molecule is CC1Cc2ccccc2N1C(=O)/C=C/c1cccc(F)c1. The predicted octanol–water partition coefficient (Wildman–Crippen LogP) is 3.82. The van der Waals surface area contributed by atoms with Crippen molar-refractivity contribution in [2.24, 2.45) is 0 Å². The minimum Gasteiger partial charge on any atom is -0.305 e. The standard InChI is InChI=1S/C18H16FNO/c1-13-11-15-6-2-3-8-17(15)20(13)18(21)10-9-14-5-4-7-16(19)12-14/h2-10,12-13H,11H2,1H3/b10-9+. The number of hydrogen-bond acceptors (Lipinski definition) is 1. The molecule has 106 valence electrons. The second-order valence-corrected chi connectivity index (χ2v) is 5.28. The van der Waals surface area contributed by atoms with Crippen molar-refractivity contribution >= 4 is 17.7 Å². The lowest BCUT2D eigenvalue weighted by molar-refractivity contribution is -0.114. The summed E-state index contributed by atoms with van der Waals surface area (Å²) in [6, 6.07) is 14.3. The number of nitrogens with zero attached hydrogens (tertiary/aromatic N) is 1. The van der Waals surface area contributed by atoms with E-state index in [1.54, 1.807) is 23.1 Å². The maximum absolute atomic E-state index is 13.1. The van der Waals surface area contributed by atoms with Gasteiger partial charge in [0.1, 0.15) is 5.82 Å². The Morgan fingerprint density at radius 2 is 2.05 bits per heavy atom. The van der Waals surface area contributed by atoms with Gasteiger partial charge in [0, 0.05) is 17.8 Å². The van der Waals surface area contributed by atoms with Crippen LogP contribution in [0.3, 0.4) is 0 Å². The molecule has 0 aromatic heterocycles. The summed E-state index contributed by atoms with van der Waals surface area (Å²) >= 11 is 0. The van der Waals surface area contributed by atoms with Crippen LogP contribution in [0.5, 0.6) is 0 Å². The molecule has 1 heterocycles. The number of halogens is 1. The predicted molar refractivity (Wildman–Crippen MR) is 82.5 cm³/mol. The number of para-hydroxylation sites is 1. The monoisotopic (exact) mass is 281 g/mol. The molecular weight excluding hydrogens is 265 g/mol. The minimum absolute atomic E-state index is 0.0725. The fourth-order valence-electron chi connectivity index (χ4n) is 2.76. The molecule has 3 rings (SSSR count). The summed E-state index contributed by atoms with van der Waals surface area (Å²) in [5, 5.41) is 0. The van der Waals surface area contributed by atoms with Crippen LogP contribution in [0.2, 0.25) is 0 Å². The van der Waals surface area contributed by atoms with Crippen LogP contribution in [0.25, 0.3) is 6.08 Å². The minimum atomic E-state index is -0.301. The van der Waals surface area contributed by atoms with Crippen LogP contribution in [0.1, 0.15) is 18.1 Å². The second-order valence-electron chi connectivity index (χ2n) is 5.28. The Hall–Kier alpha value is -2.42. The van der Waals surface area contributed by atoms with Gasteiger partial charge in [-0.15, -0.1) is 0 Å². The topological polar surface area (TPSA) is 20.3 Å². The molecule has 0 radical (unpaired) electrons. The zero-order chi connectivity index (χ0) is 14.8. The molecule has 1 atom stereocenters. The van der Waals surface area contributed by atoms with Gasteiger partial charge < -0.3 is 4.90 Å². The van der Waals surface area contributed by atoms with E-state index in [2.05, 4.69) is 6.07 Å². The maximum atomic E-state index is 13.1. The van der Waals surface area contributed by atoms with Gasteiger partial charge in [-0.2, -0.15) is 0 Å². The highest BCUT2D eigenvalue weighted by atomic mass is 19.1. The highest BCUT2D eigenvalue weighted by Crippen LogP contribution is 2.31. The number of fused-ring (bicyclic) bond motifs is 1. The van der Waals surface area contributed by atoms with Crippen LogP contribution in [0, 0.1) is 5.82 Å². The summed E-state index contributed by atoms with van der Waals surface area (Å²) in [5.74, 6) is -0.374. The van der Waals surface area contributed by atoms with E-state index in [1.807, 2.05) is 25.1 Å². The van der Waals surface area contributed by atoms with Gasteiger partial charge in [-0.3, -0.25) is 4.79 Å². The zero-order valence-corrected chi connectivity index (χ0v) is 11.8. The second kappa shape index (κ2) is 5.52. The summed E-state index contributed by atoms with van der Waals surface area (Å²) in [6.45, 7) is 2.04. The zero-order valence-electron chi connectivity index (χ0n) is 11.8. The van der Waals surface area contributed by atoms with E-state index in [-0.39, 0.29) is 17.8 Å². The average Bonchev–Trinajstić information content (AvgIpc) is 2.81. The molecule has 0 fully saturated rings. The average molecular weight is 281 g/mol. The van der Waals surface area contributed by atoms with Gasteiger partial charge in [-0.05, 0) is 48.7 Å². The van der Waals surface area contributed by atoms with Crippen molar-refractivity contribution in [3.8, 4) is 0 Å². The lowest BCUT2D eigenvalue weighted by atomic mass is 10.1.